The van der Waals surface area contributed by atoms with Crippen molar-refractivity contribution in [2.24, 2.45) is 5.84 Å². The summed E-state index contributed by atoms with van der Waals surface area (Å²) >= 11 is 0. The molecule has 7 nitrogen and oxygen atoms in total. The Bertz CT molecular complexity index is 329. The van der Waals surface area contributed by atoms with Crippen molar-refractivity contribution >= 4 is 17.6 Å². The molecule has 5 N–H and O–H groups in total. The maximum absolute atomic E-state index is 12.0. The Labute approximate surface area is 83.3 Å². The van der Waals surface area contributed by atoms with Crippen LogP contribution in [0.4, 0.5) is 10.1 Å². The third-order valence-electron chi connectivity index (χ3n) is 1.08. The average molecular weight is 217 g/mol. The number of hydrogen-bond acceptors (Lipinski definition) is 5. The van der Waals surface area contributed by atoms with Crippen molar-refractivity contribution in [3.05, 3.63) is 24.3 Å². The highest BCUT2D eigenvalue weighted by Gasteiger charge is 2.04. The van der Waals surface area contributed by atoms with Gasteiger partial charge in [0.1, 0.15) is 0 Å². The van der Waals surface area contributed by atoms with Crippen LogP contribution >= 0.6 is 0 Å². The number of carboxylic acid groups (broad SMARTS) is 2. The van der Waals surface area contributed by atoms with Crippen molar-refractivity contribution in [3.8, 4) is 0 Å². The number of nitrogen functional groups attached to an aromatic ring is 1. The van der Waals surface area contributed by atoms with Crippen LogP contribution in [0.5, 0.6) is 0 Å². The molecule has 0 atom stereocenters. The Balaban J connectivity index is 0.000000288. The third-order valence-corrected chi connectivity index (χ3v) is 1.08. The summed E-state index contributed by atoms with van der Waals surface area (Å²) in [4.78, 5) is 21.5. The first-order chi connectivity index (χ1) is 6.97. The first-order valence-electron chi connectivity index (χ1n) is 3.51. The predicted octanol–water partition coefficient (Wildman–Crippen LogP) is -0.338. The summed E-state index contributed by atoms with van der Waals surface area (Å²) in [5.74, 6) is 0.834. The van der Waals surface area contributed by atoms with Crippen LogP contribution in [0.1, 0.15) is 0 Å². The number of halogens is 1. The Morgan fingerprint density at radius 1 is 1.33 bits per heavy atom. The van der Waals surface area contributed by atoms with Crippen molar-refractivity contribution in [2.45, 2.75) is 0 Å². The number of hydrazine groups is 1. The van der Waals surface area contributed by atoms with Gasteiger partial charge in [-0.1, -0.05) is 0 Å². The molecule has 0 spiro atoms. The molecule has 0 aliphatic rings. The van der Waals surface area contributed by atoms with Crippen LogP contribution in [0, 0.1) is 5.95 Å². The lowest BCUT2D eigenvalue weighted by atomic mass is 10.4. The molecule has 8 heteroatoms. The molecule has 0 radical (unpaired) electrons. The molecule has 1 aromatic heterocycles. The number of pyridine rings is 1. The highest BCUT2D eigenvalue weighted by molar-refractivity contribution is 6.27. The van der Waals surface area contributed by atoms with Gasteiger partial charge in [0.2, 0.25) is 5.95 Å². The zero-order valence-corrected chi connectivity index (χ0v) is 7.35. The highest BCUT2D eigenvalue weighted by atomic mass is 19.1. The van der Waals surface area contributed by atoms with Crippen molar-refractivity contribution in [1.29, 1.82) is 0 Å². The van der Waals surface area contributed by atoms with Crippen molar-refractivity contribution in [3.63, 3.8) is 0 Å². The summed E-state index contributed by atoms with van der Waals surface area (Å²) < 4.78 is 12.0. The number of nitrogens with zero attached hydrogens (tertiary/aromatic N) is 1. The van der Waals surface area contributed by atoms with Gasteiger partial charge in [0.15, 0.2) is 0 Å². The number of rotatable bonds is 1. The van der Waals surface area contributed by atoms with E-state index >= 15 is 0 Å². The number of anilines is 1. The minimum Gasteiger partial charge on any atom is -0.473 e. The number of hydrogen-bond donors (Lipinski definition) is 4. The lowest BCUT2D eigenvalue weighted by molar-refractivity contribution is -0.159. The van der Waals surface area contributed by atoms with Gasteiger partial charge in [-0.05, 0) is 12.1 Å². The molecule has 0 aliphatic heterocycles. The van der Waals surface area contributed by atoms with Crippen LogP contribution in [0.3, 0.4) is 0 Å². The largest absolute Gasteiger partial charge is 0.473 e. The molecule has 1 aromatic rings. The average Bonchev–Trinajstić information content (AvgIpc) is 2.20. The molecule has 0 saturated heterocycles. The van der Waals surface area contributed by atoms with Crippen LogP contribution < -0.4 is 11.3 Å². The summed E-state index contributed by atoms with van der Waals surface area (Å²) in [7, 11) is 0. The minimum atomic E-state index is -1.82. The van der Waals surface area contributed by atoms with E-state index in [1.165, 1.54) is 18.3 Å². The van der Waals surface area contributed by atoms with Crippen LogP contribution in [0.25, 0.3) is 0 Å². The molecule has 82 valence electrons. The molecule has 0 saturated carbocycles. The van der Waals surface area contributed by atoms with E-state index in [2.05, 4.69) is 10.4 Å². The topological polar surface area (TPSA) is 126 Å². The van der Waals surface area contributed by atoms with Gasteiger partial charge in [-0.3, -0.25) is 5.84 Å². The van der Waals surface area contributed by atoms with Crippen molar-refractivity contribution < 1.29 is 24.2 Å². The molecule has 0 bridgehead atoms. The van der Waals surface area contributed by atoms with Gasteiger partial charge >= 0.3 is 11.9 Å². The van der Waals surface area contributed by atoms with E-state index in [-0.39, 0.29) is 0 Å². The minimum absolute atomic E-state index is 0.506. The SMILES string of the molecule is NNc1ccc(F)nc1.O=C(O)C(=O)O. The van der Waals surface area contributed by atoms with E-state index in [9.17, 15) is 4.39 Å². The molecule has 0 aromatic carbocycles. The normalized spacial score (nSPS) is 8.40. The lowest BCUT2D eigenvalue weighted by Crippen LogP contribution is -2.09. The standard InChI is InChI=1S/C5H6FN3.C2H2O4/c6-5-2-1-4(9-7)3-8-5;3-1(4)2(5)6/h1-3,9H,7H2;(H,3,4)(H,5,6). The van der Waals surface area contributed by atoms with Crippen LogP contribution in [0.15, 0.2) is 18.3 Å². The monoisotopic (exact) mass is 217 g/mol. The molecule has 15 heavy (non-hydrogen) atoms. The maximum atomic E-state index is 12.0. The van der Waals surface area contributed by atoms with Crippen molar-refractivity contribution in [2.75, 3.05) is 5.43 Å². The van der Waals surface area contributed by atoms with E-state index in [0.717, 1.165) is 0 Å². The highest BCUT2D eigenvalue weighted by Crippen LogP contribution is 2.01. The first kappa shape index (κ1) is 12.8. The third kappa shape index (κ3) is 5.93. The molecule has 0 amide bonds. The van der Waals surface area contributed by atoms with Gasteiger partial charge in [-0.25, -0.2) is 14.6 Å². The van der Waals surface area contributed by atoms with Crippen LogP contribution in [-0.2, 0) is 9.59 Å². The Morgan fingerprint density at radius 3 is 2.13 bits per heavy atom. The number of nitrogens with two attached hydrogens (primary N) is 1. The fraction of sp³-hybridized carbons (Fsp3) is 0. The Hall–Kier alpha value is -2.22. The molecular formula is C7H8FN3O4. The van der Waals surface area contributed by atoms with E-state index < -0.39 is 17.9 Å². The number of nitrogens with one attached hydrogen (secondary N) is 1. The zero-order valence-electron chi connectivity index (χ0n) is 7.35. The van der Waals surface area contributed by atoms with Gasteiger partial charge < -0.3 is 15.6 Å². The summed E-state index contributed by atoms with van der Waals surface area (Å²) in [6, 6.07) is 2.73. The van der Waals surface area contributed by atoms with E-state index in [0.29, 0.717) is 5.69 Å². The summed E-state index contributed by atoms with van der Waals surface area (Å²) in [6.07, 6.45) is 1.31. The molecule has 0 fully saturated rings. The van der Waals surface area contributed by atoms with Gasteiger partial charge in [-0.15, -0.1) is 0 Å². The molecular weight excluding hydrogens is 209 g/mol. The molecule has 0 unspecified atom stereocenters. The summed E-state index contributed by atoms with van der Waals surface area (Å²) in [5.41, 5.74) is 2.92. The number of aliphatic carboxylic acids is 2. The van der Waals surface area contributed by atoms with E-state index in [1.807, 2.05) is 0 Å². The second-order valence-corrected chi connectivity index (χ2v) is 2.12. The molecule has 0 aliphatic carbocycles. The van der Waals surface area contributed by atoms with Gasteiger partial charge in [0, 0.05) is 0 Å². The van der Waals surface area contributed by atoms with Crippen LogP contribution in [-0.4, -0.2) is 27.1 Å². The predicted molar refractivity (Wildman–Crippen MR) is 47.3 cm³/mol. The van der Waals surface area contributed by atoms with Gasteiger partial charge in [0.25, 0.3) is 0 Å². The molecule has 1 rings (SSSR count). The van der Waals surface area contributed by atoms with Gasteiger partial charge in [0.05, 0.1) is 11.9 Å². The second kappa shape index (κ2) is 6.27. The van der Waals surface area contributed by atoms with Crippen LogP contribution in [0.2, 0.25) is 0 Å². The maximum Gasteiger partial charge on any atom is 0.414 e. The first-order valence-corrected chi connectivity index (χ1v) is 3.51. The Morgan fingerprint density at radius 2 is 1.87 bits per heavy atom. The second-order valence-electron chi connectivity index (χ2n) is 2.12. The summed E-state index contributed by atoms with van der Waals surface area (Å²) in [6.45, 7) is 0. The lowest BCUT2D eigenvalue weighted by Gasteiger charge is -1.94. The fourth-order valence-corrected chi connectivity index (χ4v) is 0.461. The number of carboxylic acids is 2. The number of aromatic nitrogens is 1. The fourth-order valence-electron chi connectivity index (χ4n) is 0.461. The van der Waals surface area contributed by atoms with Crippen molar-refractivity contribution in [1.82, 2.24) is 4.98 Å². The molecule has 1 heterocycles. The number of carbonyl (C=O) groups is 2. The Kier molecular flexibility index (Phi) is 5.34. The summed E-state index contributed by atoms with van der Waals surface area (Å²) in [5, 5.41) is 14.8. The van der Waals surface area contributed by atoms with Gasteiger partial charge in [-0.2, -0.15) is 4.39 Å². The smallest absolute Gasteiger partial charge is 0.414 e. The van der Waals surface area contributed by atoms with E-state index in [1.54, 1.807) is 0 Å². The quantitative estimate of drug-likeness (QED) is 0.219. The zero-order chi connectivity index (χ0) is 11.8. The van der Waals surface area contributed by atoms with E-state index in [4.69, 9.17) is 25.6 Å².